The number of nitrogens with two attached hydrogens (primary N) is 1. The molecule has 0 saturated carbocycles. The van der Waals surface area contributed by atoms with E-state index >= 15 is 0 Å². The van der Waals surface area contributed by atoms with E-state index in [0.29, 0.717) is 24.5 Å². The lowest BCUT2D eigenvalue weighted by molar-refractivity contribution is 0.171. The molecule has 0 unspecified atom stereocenters. The molecule has 0 radical (unpaired) electrons. The Bertz CT molecular complexity index is 931. The van der Waals surface area contributed by atoms with Gasteiger partial charge in [0.25, 0.3) is 0 Å². The highest BCUT2D eigenvalue weighted by molar-refractivity contribution is 7.89. The second-order valence-electron chi connectivity index (χ2n) is 6.09. The molecule has 136 valence electrons. The van der Waals surface area contributed by atoms with Gasteiger partial charge in [0.15, 0.2) is 0 Å². The van der Waals surface area contributed by atoms with Gasteiger partial charge in [0.2, 0.25) is 10.0 Å². The third-order valence-electron chi connectivity index (χ3n) is 4.32. The standard InChI is InChI=1S/C18H18FN3O3S/c19-14-1-3-15(4-2-14)25-16-7-9-22(10-8-16)18-6-5-17(26(21,23)24)11-13(18)12-20/h1-6,11,16H,7-10H2,(H2,21,23,24). The summed E-state index contributed by atoms with van der Waals surface area (Å²) in [6, 6.07) is 12.3. The second kappa shape index (κ2) is 7.32. The quantitative estimate of drug-likeness (QED) is 0.885. The summed E-state index contributed by atoms with van der Waals surface area (Å²) in [5, 5.41) is 14.5. The SMILES string of the molecule is N#Cc1cc(S(N)(=O)=O)ccc1N1CCC(Oc2ccc(F)cc2)CC1. The van der Waals surface area contributed by atoms with Crippen LogP contribution in [0.3, 0.4) is 0 Å². The number of sulfonamides is 1. The first-order chi connectivity index (χ1) is 12.4. The molecule has 2 N–H and O–H groups in total. The largest absolute Gasteiger partial charge is 0.490 e. The minimum Gasteiger partial charge on any atom is -0.490 e. The molecule has 2 aromatic rings. The van der Waals surface area contributed by atoms with Gasteiger partial charge in [-0.05, 0) is 42.5 Å². The first kappa shape index (κ1) is 18.2. The molecular formula is C18H18FN3O3S. The summed E-state index contributed by atoms with van der Waals surface area (Å²) in [5.74, 6) is 0.319. The molecule has 2 aromatic carbocycles. The van der Waals surface area contributed by atoms with Crippen LogP contribution in [0.1, 0.15) is 18.4 Å². The Kier molecular flexibility index (Phi) is 5.11. The van der Waals surface area contributed by atoms with Crippen LogP contribution in [0.15, 0.2) is 47.4 Å². The van der Waals surface area contributed by atoms with E-state index in [1.165, 1.54) is 24.3 Å². The second-order valence-corrected chi connectivity index (χ2v) is 7.66. The Morgan fingerprint density at radius 2 is 1.81 bits per heavy atom. The van der Waals surface area contributed by atoms with Crippen LogP contribution in [-0.2, 0) is 10.0 Å². The molecule has 1 heterocycles. The molecule has 26 heavy (non-hydrogen) atoms. The highest BCUT2D eigenvalue weighted by Crippen LogP contribution is 2.27. The molecule has 0 aromatic heterocycles. The van der Waals surface area contributed by atoms with Crippen LogP contribution in [-0.4, -0.2) is 27.6 Å². The zero-order valence-corrected chi connectivity index (χ0v) is 14.7. The average molecular weight is 375 g/mol. The molecule has 0 amide bonds. The highest BCUT2D eigenvalue weighted by Gasteiger charge is 2.23. The van der Waals surface area contributed by atoms with E-state index in [9.17, 15) is 18.1 Å². The van der Waals surface area contributed by atoms with E-state index in [2.05, 4.69) is 0 Å². The van der Waals surface area contributed by atoms with E-state index in [4.69, 9.17) is 9.88 Å². The van der Waals surface area contributed by atoms with Crippen molar-refractivity contribution < 1.29 is 17.5 Å². The Labute approximate surface area is 151 Å². The minimum atomic E-state index is -3.85. The van der Waals surface area contributed by atoms with Crippen molar-refractivity contribution in [2.24, 2.45) is 5.14 Å². The van der Waals surface area contributed by atoms with Crippen LogP contribution >= 0.6 is 0 Å². The van der Waals surface area contributed by atoms with Gasteiger partial charge in [0.05, 0.1) is 16.1 Å². The summed E-state index contributed by atoms with van der Waals surface area (Å²) in [7, 11) is -3.85. The molecule has 0 spiro atoms. The lowest BCUT2D eigenvalue weighted by Gasteiger charge is -2.34. The molecule has 6 nitrogen and oxygen atoms in total. The van der Waals surface area contributed by atoms with Gasteiger partial charge in [0.1, 0.15) is 23.7 Å². The monoisotopic (exact) mass is 375 g/mol. The molecule has 0 aliphatic carbocycles. The lowest BCUT2D eigenvalue weighted by atomic mass is 10.0. The van der Waals surface area contributed by atoms with Gasteiger partial charge in [-0.3, -0.25) is 0 Å². The smallest absolute Gasteiger partial charge is 0.238 e. The average Bonchev–Trinajstić information content (AvgIpc) is 2.63. The van der Waals surface area contributed by atoms with E-state index in [0.717, 1.165) is 12.8 Å². The lowest BCUT2D eigenvalue weighted by Crippen LogP contribution is -2.38. The third kappa shape index (κ3) is 4.12. The number of rotatable bonds is 4. The van der Waals surface area contributed by atoms with E-state index < -0.39 is 10.0 Å². The maximum atomic E-state index is 12.9. The van der Waals surface area contributed by atoms with Crippen LogP contribution in [0.2, 0.25) is 0 Å². The maximum Gasteiger partial charge on any atom is 0.238 e. The summed E-state index contributed by atoms with van der Waals surface area (Å²) in [5.41, 5.74) is 0.953. The van der Waals surface area contributed by atoms with Gasteiger partial charge < -0.3 is 9.64 Å². The molecule has 0 atom stereocenters. The van der Waals surface area contributed by atoms with Gasteiger partial charge in [-0.2, -0.15) is 5.26 Å². The topological polar surface area (TPSA) is 96.4 Å². The van der Waals surface area contributed by atoms with E-state index in [1.807, 2.05) is 11.0 Å². The zero-order valence-electron chi connectivity index (χ0n) is 13.9. The highest BCUT2D eigenvalue weighted by atomic mass is 32.2. The van der Waals surface area contributed by atoms with Gasteiger partial charge in [-0.15, -0.1) is 0 Å². The molecule has 3 rings (SSSR count). The van der Waals surface area contributed by atoms with Gasteiger partial charge >= 0.3 is 0 Å². The fraction of sp³-hybridized carbons (Fsp3) is 0.278. The Hall–Kier alpha value is -2.63. The van der Waals surface area contributed by atoms with Crippen LogP contribution in [0.4, 0.5) is 10.1 Å². The zero-order chi connectivity index (χ0) is 18.7. The van der Waals surface area contributed by atoms with Gasteiger partial charge in [-0.25, -0.2) is 17.9 Å². The molecule has 1 aliphatic rings. The Morgan fingerprint density at radius 3 is 2.38 bits per heavy atom. The predicted molar refractivity (Wildman–Crippen MR) is 94.8 cm³/mol. The minimum absolute atomic E-state index is 0.00550. The van der Waals surface area contributed by atoms with Gasteiger partial charge in [-0.1, -0.05) is 0 Å². The summed E-state index contributed by atoms with van der Waals surface area (Å²) in [4.78, 5) is 1.95. The number of hydrogen-bond donors (Lipinski definition) is 1. The van der Waals surface area contributed by atoms with Crippen molar-refractivity contribution in [2.45, 2.75) is 23.8 Å². The number of ether oxygens (including phenoxy) is 1. The van der Waals surface area contributed by atoms with Crippen LogP contribution in [0.5, 0.6) is 5.75 Å². The number of piperidine rings is 1. The number of primary sulfonamides is 1. The summed E-state index contributed by atoms with van der Waals surface area (Å²) in [6.07, 6.45) is 1.48. The van der Waals surface area contributed by atoms with Gasteiger partial charge in [0, 0.05) is 25.9 Å². The van der Waals surface area contributed by atoms with Crippen molar-refractivity contribution in [3.63, 3.8) is 0 Å². The molecular weight excluding hydrogens is 357 g/mol. The number of halogens is 1. The molecule has 8 heteroatoms. The molecule has 1 fully saturated rings. The molecule has 0 bridgehead atoms. The number of benzene rings is 2. The van der Waals surface area contributed by atoms with Crippen LogP contribution < -0.4 is 14.8 Å². The Balaban J connectivity index is 1.68. The van der Waals surface area contributed by atoms with Crippen molar-refractivity contribution in [2.75, 3.05) is 18.0 Å². The van der Waals surface area contributed by atoms with Crippen molar-refractivity contribution in [3.8, 4) is 11.8 Å². The van der Waals surface area contributed by atoms with E-state index in [1.54, 1.807) is 18.2 Å². The maximum absolute atomic E-state index is 12.9. The van der Waals surface area contributed by atoms with Crippen LogP contribution in [0, 0.1) is 17.1 Å². The van der Waals surface area contributed by atoms with Crippen molar-refractivity contribution >= 4 is 15.7 Å². The molecule has 1 aliphatic heterocycles. The normalized spacial score (nSPS) is 15.5. The summed E-state index contributed by atoms with van der Waals surface area (Å²) in [6.45, 7) is 1.32. The first-order valence-corrected chi connectivity index (χ1v) is 9.65. The van der Waals surface area contributed by atoms with Crippen LogP contribution in [0.25, 0.3) is 0 Å². The van der Waals surface area contributed by atoms with Crippen molar-refractivity contribution in [1.29, 1.82) is 5.26 Å². The number of nitrogens with zero attached hydrogens (tertiary/aromatic N) is 2. The predicted octanol–water partition coefficient (Wildman–Crippen LogP) is 2.39. The van der Waals surface area contributed by atoms with Crippen molar-refractivity contribution in [3.05, 3.63) is 53.8 Å². The first-order valence-electron chi connectivity index (χ1n) is 8.11. The third-order valence-corrected chi connectivity index (χ3v) is 5.23. The number of hydrogen-bond acceptors (Lipinski definition) is 5. The molecule has 1 saturated heterocycles. The summed E-state index contributed by atoms with van der Waals surface area (Å²) >= 11 is 0. The Morgan fingerprint density at radius 1 is 1.15 bits per heavy atom. The number of nitriles is 1. The fourth-order valence-electron chi connectivity index (χ4n) is 2.98. The van der Waals surface area contributed by atoms with E-state index in [-0.39, 0.29) is 22.4 Å². The number of anilines is 1. The summed E-state index contributed by atoms with van der Waals surface area (Å²) < 4.78 is 41.7. The van der Waals surface area contributed by atoms with Crippen molar-refractivity contribution in [1.82, 2.24) is 0 Å². The fourth-order valence-corrected chi connectivity index (χ4v) is 3.52.